The fourth-order valence-corrected chi connectivity index (χ4v) is 4.97. The lowest BCUT2D eigenvalue weighted by Gasteiger charge is -2.35. The van der Waals surface area contributed by atoms with Gasteiger partial charge in [-0.2, -0.15) is 0 Å². The van der Waals surface area contributed by atoms with Crippen LogP contribution in [0.1, 0.15) is 63.0 Å². The van der Waals surface area contributed by atoms with E-state index in [-0.39, 0.29) is 43.2 Å². The van der Waals surface area contributed by atoms with Gasteiger partial charge < -0.3 is 20.5 Å². The Labute approximate surface area is 199 Å². The maximum Gasteiger partial charge on any atom is 0.407 e. The third kappa shape index (κ3) is 5.58. The predicted molar refractivity (Wildman–Crippen MR) is 128 cm³/mol. The second kappa shape index (κ2) is 9.87. The third-order valence-electron chi connectivity index (χ3n) is 6.83. The highest BCUT2D eigenvalue weighted by molar-refractivity contribution is 5.79. The van der Waals surface area contributed by atoms with Gasteiger partial charge in [0.25, 0.3) is 0 Å². The molecule has 2 aromatic carbocycles. The summed E-state index contributed by atoms with van der Waals surface area (Å²) in [5.74, 6) is -0.731. The van der Waals surface area contributed by atoms with Gasteiger partial charge >= 0.3 is 12.1 Å². The molecule has 7 nitrogen and oxygen atoms in total. The van der Waals surface area contributed by atoms with Crippen molar-refractivity contribution in [1.82, 2.24) is 10.6 Å². The lowest BCUT2D eigenvalue weighted by atomic mass is 9.78. The highest BCUT2D eigenvalue weighted by atomic mass is 16.5. The highest BCUT2D eigenvalue weighted by Gasteiger charge is 2.33. The quantitative estimate of drug-likeness (QED) is 0.508. The number of amides is 2. The zero-order valence-electron chi connectivity index (χ0n) is 19.7. The van der Waals surface area contributed by atoms with E-state index in [9.17, 15) is 14.4 Å². The van der Waals surface area contributed by atoms with Gasteiger partial charge in [0.05, 0.1) is 0 Å². The molecule has 1 fully saturated rings. The van der Waals surface area contributed by atoms with Crippen LogP contribution < -0.4 is 10.6 Å². The monoisotopic (exact) mass is 464 g/mol. The van der Waals surface area contributed by atoms with Gasteiger partial charge in [-0.15, -0.1) is 0 Å². The van der Waals surface area contributed by atoms with E-state index in [1.807, 2.05) is 38.1 Å². The summed E-state index contributed by atoms with van der Waals surface area (Å²) < 4.78 is 5.62. The first-order chi connectivity index (χ1) is 16.2. The van der Waals surface area contributed by atoms with Crippen molar-refractivity contribution in [3.05, 3.63) is 59.7 Å². The van der Waals surface area contributed by atoms with Crippen molar-refractivity contribution in [2.24, 2.45) is 5.92 Å². The molecule has 2 aliphatic carbocycles. The number of hydrogen-bond acceptors (Lipinski definition) is 4. The molecule has 0 saturated heterocycles. The van der Waals surface area contributed by atoms with Crippen molar-refractivity contribution in [3.8, 4) is 11.1 Å². The van der Waals surface area contributed by atoms with Gasteiger partial charge in [0, 0.05) is 30.3 Å². The molecular formula is C27H32N2O5. The first-order valence-corrected chi connectivity index (χ1v) is 11.9. The number of alkyl carbamates (subject to hydrolysis) is 1. The Morgan fingerprint density at radius 1 is 1.00 bits per heavy atom. The summed E-state index contributed by atoms with van der Waals surface area (Å²) in [6.07, 6.45) is 1.82. The molecule has 1 saturated carbocycles. The first kappa shape index (κ1) is 23.8. The third-order valence-corrected chi connectivity index (χ3v) is 6.83. The largest absolute Gasteiger partial charge is 0.481 e. The summed E-state index contributed by atoms with van der Waals surface area (Å²) in [6.45, 7) is 3.98. The molecule has 0 aromatic heterocycles. The molecule has 4 rings (SSSR count). The van der Waals surface area contributed by atoms with Crippen molar-refractivity contribution >= 4 is 18.0 Å². The van der Waals surface area contributed by atoms with E-state index >= 15 is 0 Å². The minimum absolute atomic E-state index is 0.000491. The van der Waals surface area contributed by atoms with E-state index in [0.29, 0.717) is 19.3 Å². The Morgan fingerprint density at radius 2 is 1.59 bits per heavy atom. The fourth-order valence-electron chi connectivity index (χ4n) is 4.97. The van der Waals surface area contributed by atoms with E-state index in [4.69, 9.17) is 9.84 Å². The number of carbonyl (C=O) groups is 3. The molecule has 34 heavy (non-hydrogen) atoms. The number of rotatable bonds is 9. The zero-order valence-corrected chi connectivity index (χ0v) is 19.7. The smallest absolute Gasteiger partial charge is 0.407 e. The molecule has 2 aromatic rings. The van der Waals surface area contributed by atoms with Crippen LogP contribution in [0.3, 0.4) is 0 Å². The molecule has 0 heterocycles. The van der Waals surface area contributed by atoms with Gasteiger partial charge in [0.1, 0.15) is 6.61 Å². The van der Waals surface area contributed by atoms with Gasteiger partial charge in [-0.25, -0.2) is 4.79 Å². The predicted octanol–water partition coefficient (Wildman–Crippen LogP) is 4.45. The molecule has 0 unspecified atom stereocenters. The van der Waals surface area contributed by atoms with Crippen LogP contribution in [0.2, 0.25) is 0 Å². The molecular weight excluding hydrogens is 432 g/mol. The summed E-state index contributed by atoms with van der Waals surface area (Å²) in [5, 5.41) is 14.7. The maximum absolute atomic E-state index is 12.6. The molecule has 0 atom stereocenters. The molecule has 3 N–H and O–H groups in total. The van der Waals surface area contributed by atoms with E-state index in [2.05, 4.69) is 34.9 Å². The Kier molecular flexibility index (Phi) is 6.91. The van der Waals surface area contributed by atoms with E-state index < -0.39 is 17.6 Å². The van der Waals surface area contributed by atoms with E-state index in [1.165, 1.54) is 11.1 Å². The summed E-state index contributed by atoms with van der Waals surface area (Å²) in [6, 6.07) is 16.4. The van der Waals surface area contributed by atoms with Gasteiger partial charge in [0.15, 0.2) is 0 Å². The Hall–Kier alpha value is -3.35. The van der Waals surface area contributed by atoms with Crippen molar-refractivity contribution in [1.29, 1.82) is 0 Å². The van der Waals surface area contributed by atoms with E-state index in [0.717, 1.165) is 11.1 Å². The van der Waals surface area contributed by atoms with Crippen LogP contribution in [-0.4, -0.2) is 41.3 Å². The maximum atomic E-state index is 12.6. The first-order valence-electron chi connectivity index (χ1n) is 11.9. The Balaban J connectivity index is 1.22. The van der Waals surface area contributed by atoms with Crippen LogP contribution >= 0.6 is 0 Å². The minimum atomic E-state index is -0.796. The topological polar surface area (TPSA) is 105 Å². The standard InChI is InChI=1S/C27H32N2O5/c1-27(2,12-11-24(30)28-18-13-17(14-18)15-25(31)32)29-26(33)34-16-23-21-9-5-3-7-19(21)20-8-4-6-10-22(20)23/h3-10,17-18,23H,11-16H2,1-2H3,(H,28,30)(H,29,33)(H,31,32). The van der Waals surface area contributed by atoms with Crippen molar-refractivity contribution in [3.63, 3.8) is 0 Å². The molecule has 0 aliphatic heterocycles. The van der Waals surface area contributed by atoms with Crippen molar-refractivity contribution in [2.45, 2.75) is 63.5 Å². The number of carboxylic acid groups (broad SMARTS) is 1. The average molecular weight is 465 g/mol. The lowest BCUT2D eigenvalue weighted by molar-refractivity contribution is -0.139. The van der Waals surface area contributed by atoms with Crippen LogP contribution in [0.25, 0.3) is 11.1 Å². The highest BCUT2D eigenvalue weighted by Crippen LogP contribution is 2.44. The molecule has 7 heteroatoms. The van der Waals surface area contributed by atoms with Gasteiger partial charge in [-0.1, -0.05) is 48.5 Å². The number of hydrogen-bond donors (Lipinski definition) is 3. The summed E-state index contributed by atoms with van der Waals surface area (Å²) in [4.78, 5) is 35.6. The summed E-state index contributed by atoms with van der Waals surface area (Å²) in [5.41, 5.74) is 4.08. The number of fused-ring (bicyclic) bond motifs is 3. The van der Waals surface area contributed by atoms with Gasteiger partial charge in [-0.05, 0) is 61.3 Å². The van der Waals surface area contributed by atoms with Crippen LogP contribution in [-0.2, 0) is 14.3 Å². The zero-order chi connectivity index (χ0) is 24.3. The Morgan fingerprint density at radius 3 is 2.18 bits per heavy atom. The average Bonchev–Trinajstić information content (AvgIpc) is 3.08. The normalized spacial score (nSPS) is 18.9. The molecule has 0 bridgehead atoms. The van der Waals surface area contributed by atoms with Gasteiger partial charge in [0.2, 0.25) is 5.91 Å². The van der Waals surface area contributed by atoms with Gasteiger partial charge in [-0.3, -0.25) is 9.59 Å². The molecule has 0 radical (unpaired) electrons. The second-order valence-corrected chi connectivity index (χ2v) is 10.0. The van der Waals surface area contributed by atoms with Crippen LogP contribution in [0.15, 0.2) is 48.5 Å². The summed E-state index contributed by atoms with van der Waals surface area (Å²) >= 11 is 0. The van der Waals surface area contributed by atoms with Crippen molar-refractivity contribution < 1.29 is 24.2 Å². The van der Waals surface area contributed by atoms with Crippen LogP contribution in [0.4, 0.5) is 4.79 Å². The number of benzene rings is 2. The lowest BCUT2D eigenvalue weighted by Crippen LogP contribution is -2.47. The van der Waals surface area contributed by atoms with E-state index in [1.54, 1.807) is 0 Å². The number of nitrogens with one attached hydrogen (secondary N) is 2. The number of aliphatic carboxylic acids is 1. The minimum Gasteiger partial charge on any atom is -0.481 e. The molecule has 2 aliphatic rings. The second-order valence-electron chi connectivity index (χ2n) is 10.0. The van der Waals surface area contributed by atoms with Crippen LogP contribution in [0.5, 0.6) is 0 Å². The molecule has 2 amide bonds. The number of carbonyl (C=O) groups excluding carboxylic acids is 2. The molecule has 180 valence electrons. The fraction of sp³-hybridized carbons (Fsp3) is 0.444. The summed E-state index contributed by atoms with van der Waals surface area (Å²) in [7, 11) is 0. The Bertz CT molecular complexity index is 1030. The SMILES string of the molecule is CC(C)(CCC(=O)NC1CC(CC(=O)O)C1)NC(=O)OCC1c2ccccc2-c2ccccc21. The van der Waals surface area contributed by atoms with Crippen LogP contribution in [0, 0.1) is 5.92 Å². The van der Waals surface area contributed by atoms with Crippen molar-refractivity contribution in [2.75, 3.05) is 6.61 Å². The number of ether oxygens (including phenoxy) is 1. The number of carboxylic acids is 1. The molecule has 0 spiro atoms.